The molecular formula is C12H16N4O4. The van der Waals surface area contributed by atoms with Crippen molar-refractivity contribution < 1.29 is 18.9 Å². The van der Waals surface area contributed by atoms with Crippen LogP contribution in [0.2, 0.25) is 0 Å². The maximum absolute atomic E-state index is 11.9. The fraction of sp³-hybridized carbons (Fsp3) is 0.500. The fourth-order valence-corrected chi connectivity index (χ4v) is 1.96. The zero-order chi connectivity index (χ0) is 14.7. The molecule has 0 aromatic carbocycles. The summed E-state index contributed by atoms with van der Waals surface area (Å²) in [6.45, 7) is 3.27. The molecule has 20 heavy (non-hydrogen) atoms. The number of amides is 4. The summed E-state index contributed by atoms with van der Waals surface area (Å²) in [4.78, 5) is 36.2. The molecule has 2 rings (SSSR count). The van der Waals surface area contributed by atoms with Crippen LogP contribution in [0.5, 0.6) is 0 Å². The van der Waals surface area contributed by atoms with Gasteiger partial charge in [0.1, 0.15) is 18.3 Å². The minimum atomic E-state index is -0.542. The average molecular weight is 280 g/mol. The summed E-state index contributed by atoms with van der Waals surface area (Å²) in [5, 5.41) is 8.61. The van der Waals surface area contributed by atoms with E-state index in [9.17, 15) is 14.4 Å². The minimum Gasteiger partial charge on any atom is -0.360 e. The molecule has 0 saturated carbocycles. The molecule has 1 aromatic heterocycles. The second-order valence-electron chi connectivity index (χ2n) is 4.59. The van der Waals surface area contributed by atoms with Crippen molar-refractivity contribution in [3.8, 4) is 0 Å². The van der Waals surface area contributed by atoms with E-state index in [1.807, 2.05) is 6.92 Å². The van der Waals surface area contributed by atoms with Crippen LogP contribution in [-0.2, 0) is 9.59 Å². The maximum atomic E-state index is 11.9. The summed E-state index contributed by atoms with van der Waals surface area (Å²) in [5.41, 5.74) is 0. The van der Waals surface area contributed by atoms with E-state index < -0.39 is 18.0 Å². The first-order valence-electron chi connectivity index (χ1n) is 6.36. The lowest BCUT2D eigenvalue weighted by molar-refractivity contribution is -0.130. The topological polar surface area (TPSA) is 105 Å². The van der Waals surface area contributed by atoms with E-state index in [4.69, 9.17) is 4.52 Å². The van der Waals surface area contributed by atoms with E-state index in [0.717, 1.165) is 11.3 Å². The summed E-state index contributed by atoms with van der Waals surface area (Å²) in [6.07, 6.45) is 1.33. The Hall–Kier alpha value is -2.38. The number of hydrogen-bond donors (Lipinski definition) is 2. The van der Waals surface area contributed by atoms with Gasteiger partial charge in [-0.05, 0) is 13.3 Å². The van der Waals surface area contributed by atoms with Crippen LogP contribution >= 0.6 is 0 Å². The third-order valence-electron chi connectivity index (χ3n) is 2.88. The molecule has 1 fully saturated rings. The molecule has 2 heterocycles. The lowest BCUT2D eigenvalue weighted by Crippen LogP contribution is -2.38. The number of aromatic nitrogens is 1. The molecule has 0 aliphatic carbocycles. The Morgan fingerprint density at radius 3 is 2.90 bits per heavy atom. The van der Waals surface area contributed by atoms with Crippen LogP contribution in [0.15, 0.2) is 10.6 Å². The molecule has 0 bridgehead atoms. The SMILES string of the molecule is CCCC1NC(=O)N(CC(=O)Nc2cc(C)on2)C1=O. The Kier molecular flexibility index (Phi) is 4.02. The fourth-order valence-electron chi connectivity index (χ4n) is 1.96. The summed E-state index contributed by atoms with van der Waals surface area (Å²) in [6, 6.07) is 0.471. The molecule has 1 saturated heterocycles. The highest BCUT2D eigenvalue weighted by atomic mass is 16.5. The first-order chi connectivity index (χ1) is 9.51. The molecule has 1 aliphatic rings. The molecule has 4 amide bonds. The van der Waals surface area contributed by atoms with Gasteiger partial charge in [0, 0.05) is 6.07 Å². The van der Waals surface area contributed by atoms with Crippen LogP contribution in [0.25, 0.3) is 0 Å². The van der Waals surface area contributed by atoms with Gasteiger partial charge < -0.3 is 15.2 Å². The summed E-state index contributed by atoms with van der Waals surface area (Å²) >= 11 is 0. The summed E-state index contributed by atoms with van der Waals surface area (Å²) in [5.74, 6) is -0.0646. The van der Waals surface area contributed by atoms with Gasteiger partial charge in [-0.15, -0.1) is 0 Å². The molecule has 108 valence electrons. The summed E-state index contributed by atoms with van der Waals surface area (Å²) < 4.78 is 4.80. The molecular weight excluding hydrogens is 264 g/mol. The van der Waals surface area contributed by atoms with Crippen molar-refractivity contribution in [3.63, 3.8) is 0 Å². The van der Waals surface area contributed by atoms with Gasteiger partial charge in [0.15, 0.2) is 5.82 Å². The van der Waals surface area contributed by atoms with Gasteiger partial charge in [-0.3, -0.25) is 14.5 Å². The number of carbonyl (C=O) groups excluding carboxylic acids is 3. The van der Waals surface area contributed by atoms with E-state index in [1.54, 1.807) is 13.0 Å². The molecule has 1 aromatic rings. The highest BCUT2D eigenvalue weighted by Gasteiger charge is 2.38. The first kappa shape index (κ1) is 14.0. The van der Waals surface area contributed by atoms with Crippen LogP contribution in [-0.4, -0.2) is 40.5 Å². The van der Waals surface area contributed by atoms with E-state index >= 15 is 0 Å². The van der Waals surface area contributed by atoms with Gasteiger partial charge in [-0.1, -0.05) is 18.5 Å². The normalized spacial score (nSPS) is 18.3. The minimum absolute atomic E-state index is 0.254. The monoisotopic (exact) mass is 280 g/mol. The molecule has 1 unspecified atom stereocenters. The Morgan fingerprint density at radius 2 is 2.30 bits per heavy atom. The van der Waals surface area contributed by atoms with Crippen molar-refractivity contribution in [1.29, 1.82) is 0 Å². The van der Waals surface area contributed by atoms with Crippen LogP contribution in [0, 0.1) is 6.92 Å². The molecule has 8 heteroatoms. The largest absolute Gasteiger partial charge is 0.360 e. The standard InChI is InChI=1S/C12H16N4O4/c1-3-4-8-11(18)16(12(19)13-8)6-10(17)14-9-5-7(2)20-15-9/h5,8H,3-4,6H2,1-2H3,(H,13,19)(H,14,15,17). The second-order valence-corrected chi connectivity index (χ2v) is 4.59. The van der Waals surface area contributed by atoms with Gasteiger partial charge in [0.05, 0.1) is 0 Å². The molecule has 0 radical (unpaired) electrons. The number of hydrogen-bond acceptors (Lipinski definition) is 5. The van der Waals surface area contributed by atoms with Crippen molar-refractivity contribution >= 4 is 23.7 Å². The smallest absolute Gasteiger partial charge is 0.325 e. The number of carbonyl (C=O) groups is 3. The molecule has 1 aliphatic heterocycles. The lowest BCUT2D eigenvalue weighted by Gasteiger charge is -2.11. The van der Waals surface area contributed by atoms with Gasteiger partial charge in [0.25, 0.3) is 5.91 Å². The molecule has 1 atom stereocenters. The van der Waals surface area contributed by atoms with E-state index in [2.05, 4.69) is 15.8 Å². The number of aryl methyl sites for hydroxylation is 1. The predicted octanol–water partition coefficient (Wildman–Crippen LogP) is 0.642. The van der Waals surface area contributed by atoms with Crippen molar-refractivity contribution in [2.75, 3.05) is 11.9 Å². The molecule has 2 N–H and O–H groups in total. The second kappa shape index (κ2) is 5.72. The van der Waals surface area contributed by atoms with Crippen molar-refractivity contribution in [1.82, 2.24) is 15.4 Å². The Bertz CT molecular complexity index is 539. The zero-order valence-electron chi connectivity index (χ0n) is 11.3. The van der Waals surface area contributed by atoms with E-state index in [0.29, 0.717) is 12.2 Å². The van der Waals surface area contributed by atoms with Crippen molar-refractivity contribution in [2.24, 2.45) is 0 Å². The number of imide groups is 1. The third-order valence-corrected chi connectivity index (χ3v) is 2.88. The third kappa shape index (κ3) is 2.95. The number of nitrogens with one attached hydrogen (secondary N) is 2. The first-order valence-corrected chi connectivity index (χ1v) is 6.36. The highest BCUT2D eigenvalue weighted by Crippen LogP contribution is 2.12. The van der Waals surface area contributed by atoms with Crippen molar-refractivity contribution in [3.05, 3.63) is 11.8 Å². The Morgan fingerprint density at radius 1 is 1.55 bits per heavy atom. The highest BCUT2D eigenvalue weighted by molar-refractivity contribution is 6.07. The maximum Gasteiger partial charge on any atom is 0.325 e. The zero-order valence-corrected chi connectivity index (χ0v) is 11.3. The number of nitrogens with zero attached hydrogens (tertiary/aromatic N) is 2. The number of anilines is 1. The van der Waals surface area contributed by atoms with Crippen LogP contribution in [0.3, 0.4) is 0 Å². The predicted molar refractivity (Wildman–Crippen MR) is 68.8 cm³/mol. The summed E-state index contributed by atoms with van der Waals surface area (Å²) in [7, 11) is 0. The van der Waals surface area contributed by atoms with Gasteiger partial charge in [-0.25, -0.2) is 4.79 Å². The average Bonchev–Trinajstić information content (AvgIpc) is 2.89. The van der Waals surface area contributed by atoms with Crippen LogP contribution < -0.4 is 10.6 Å². The van der Waals surface area contributed by atoms with E-state index in [-0.39, 0.29) is 18.3 Å². The van der Waals surface area contributed by atoms with E-state index in [1.165, 1.54) is 0 Å². The quantitative estimate of drug-likeness (QED) is 0.770. The number of rotatable bonds is 5. The van der Waals surface area contributed by atoms with Gasteiger partial charge in [-0.2, -0.15) is 0 Å². The van der Waals surface area contributed by atoms with Gasteiger partial charge >= 0.3 is 6.03 Å². The molecule has 8 nitrogen and oxygen atoms in total. The van der Waals surface area contributed by atoms with Crippen molar-refractivity contribution in [2.45, 2.75) is 32.7 Å². The number of urea groups is 1. The Balaban J connectivity index is 1.94. The van der Waals surface area contributed by atoms with Crippen LogP contribution in [0.4, 0.5) is 10.6 Å². The Labute approximate surface area is 115 Å². The van der Waals surface area contributed by atoms with Gasteiger partial charge in [0.2, 0.25) is 5.91 Å². The lowest BCUT2D eigenvalue weighted by atomic mass is 10.2. The molecule has 0 spiro atoms. The van der Waals surface area contributed by atoms with Crippen LogP contribution in [0.1, 0.15) is 25.5 Å².